The lowest BCUT2D eigenvalue weighted by atomic mass is 10.0. The number of thiocarbonyl (C=S) groups is 1. The van der Waals surface area contributed by atoms with Gasteiger partial charge in [0.1, 0.15) is 11.1 Å². The maximum absolute atomic E-state index is 6.07. The number of hydrogen-bond donors (Lipinski definition) is 1. The van der Waals surface area contributed by atoms with E-state index in [9.17, 15) is 0 Å². The van der Waals surface area contributed by atoms with Crippen molar-refractivity contribution in [1.82, 2.24) is 15.1 Å². The average molecular weight is 308 g/mol. The number of ether oxygens (including phenoxy) is 1. The van der Waals surface area contributed by atoms with Gasteiger partial charge in [-0.1, -0.05) is 26.1 Å². The third-order valence-corrected chi connectivity index (χ3v) is 4.21. The van der Waals surface area contributed by atoms with Crippen molar-refractivity contribution >= 4 is 17.2 Å². The van der Waals surface area contributed by atoms with Crippen LogP contribution in [0.1, 0.15) is 43.5 Å². The van der Waals surface area contributed by atoms with Crippen LogP contribution in [0.15, 0.2) is 0 Å². The molecule has 2 rings (SSSR count). The zero-order valence-corrected chi connectivity index (χ0v) is 13.9. The van der Waals surface area contributed by atoms with E-state index < -0.39 is 0 Å². The number of rotatable bonds is 5. The summed E-state index contributed by atoms with van der Waals surface area (Å²) in [5.74, 6) is 0.506. The molecule has 2 N–H and O–H groups in total. The maximum Gasteiger partial charge on any atom is 0.244 e. The Hall–Kier alpha value is -1.27. The first kappa shape index (κ1) is 16.1. The number of piperidine rings is 1. The van der Waals surface area contributed by atoms with Crippen molar-refractivity contribution in [2.24, 2.45) is 5.73 Å². The summed E-state index contributed by atoms with van der Waals surface area (Å²) in [6, 6.07) is 0. The quantitative estimate of drug-likeness (QED) is 0.836. The number of hydrogen-bond acceptors (Lipinski definition) is 5. The van der Waals surface area contributed by atoms with Crippen molar-refractivity contribution in [1.29, 1.82) is 0 Å². The normalized spacial score (nSPS) is 16.9. The van der Waals surface area contributed by atoms with Gasteiger partial charge in [0.2, 0.25) is 5.88 Å². The Morgan fingerprint density at radius 3 is 2.48 bits per heavy atom. The SMILES string of the molecule is CCc1nnc(OC2CCN(C)CC2)c(C(N)=S)c1CC. The molecule has 0 aliphatic carbocycles. The summed E-state index contributed by atoms with van der Waals surface area (Å²) in [4.78, 5) is 2.65. The molecule has 0 aromatic carbocycles. The minimum atomic E-state index is 0.167. The Kier molecular flexibility index (Phi) is 5.47. The summed E-state index contributed by atoms with van der Waals surface area (Å²) in [5, 5.41) is 8.53. The van der Waals surface area contributed by atoms with Crippen molar-refractivity contribution < 1.29 is 4.74 Å². The molecule has 1 aliphatic rings. The van der Waals surface area contributed by atoms with E-state index in [0.717, 1.165) is 55.6 Å². The zero-order chi connectivity index (χ0) is 15.4. The maximum atomic E-state index is 6.07. The number of aryl methyl sites for hydroxylation is 1. The molecule has 2 heterocycles. The van der Waals surface area contributed by atoms with Gasteiger partial charge >= 0.3 is 0 Å². The number of nitrogens with zero attached hydrogens (tertiary/aromatic N) is 3. The monoisotopic (exact) mass is 308 g/mol. The molecule has 21 heavy (non-hydrogen) atoms. The first-order chi connectivity index (χ1) is 10.1. The Balaban J connectivity index is 2.28. The van der Waals surface area contributed by atoms with Crippen LogP contribution < -0.4 is 10.5 Å². The fourth-order valence-electron chi connectivity index (χ4n) is 2.75. The molecular formula is C15H24N4OS. The molecule has 1 aliphatic heterocycles. The third-order valence-electron chi connectivity index (χ3n) is 4.00. The van der Waals surface area contributed by atoms with Gasteiger partial charge in [-0.3, -0.25) is 0 Å². The molecule has 0 saturated carbocycles. The van der Waals surface area contributed by atoms with Crippen LogP contribution in [0.5, 0.6) is 5.88 Å². The molecule has 0 unspecified atom stereocenters. The van der Waals surface area contributed by atoms with Crippen molar-refractivity contribution in [2.45, 2.75) is 45.6 Å². The second-order valence-corrected chi connectivity index (χ2v) is 5.94. The van der Waals surface area contributed by atoms with Crippen molar-refractivity contribution in [3.05, 3.63) is 16.8 Å². The number of aromatic nitrogens is 2. The van der Waals surface area contributed by atoms with E-state index in [2.05, 4.69) is 36.0 Å². The molecule has 0 amide bonds. The number of likely N-dealkylation sites (tertiary alicyclic amines) is 1. The minimum absolute atomic E-state index is 0.167. The van der Waals surface area contributed by atoms with E-state index in [0.29, 0.717) is 10.9 Å². The van der Waals surface area contributed by atoms with Crippen LogP contribution in [0.3, 0.4) is 0 Å². The largest absolute Gasteiger partial charge is 0.473 e. The smallest absolute Gasteiger partial charge is 0.244 e. The van der Waals surface area contributed by atoms with Crippen LogP contribution in [0, 0.1) is 0 Å². The Bertz CT molecular complexity index is 513. The van der Waals surface area contributed by atoms with Gasteiger partial charge in [0, 0.05) is 13.1 Å². The van der Waals surface area contributed by atoms with E-state index >= 15 is 0 Å². The van der Waals surface area contributed by atoms with E-state index in [1.54, 1.807) is 0 Å². The minimum Gasteiger partial charge on any atom is -0.473 e. The molecule has 5 nitrogen and oxygen atoms in total. The molecule has 1 aromatic rings. The Labute approximate surface area is 131 Å². The summed E-state index contributed by atoms with van der Waals surface area (Å²) in [7, 11) is 2.13. The molecular weight excluding hydrogens is 284 g/mol. The molecule has 1 fully saturated rings. The van der Waals surface area contributed by atoms with Gasteiger partial charge in [-0.2, -0.15) is 5.10 Å². The highest BCUT2D eigenvalue weighted by atomic mass is 32.1. The van der Waals surface area contributed by atoms with Gasteiger partial charge in [-0.15, -0.1) is 5.10 Å². The zero-order valence-electron chi connectivity index (χ0n) is 13.1. The standard InChI is InChI=1S/C15H24N4OS/c1-4-11-12(5-2)17-18-15(13(11)14(16)21)20-10-6-8-19(3)9-7-10/h10H,4-9H2,1-3H3,(H2,16,21). The highest BCUT2D eigenvalue weighted by Gasteiger charge is 2.23. The van der Waals surface area contributed by atoms with Crippen LogP contribution in [-0.4, -0.2) is 46.3 Å². The van der Waals surface area contributed by atoms with Gasteiger partial charge < -0.3 is 15.4 Å². The number of nitrogens with two attached hydrogens (primary N) is 1. The summed E-state index contributed by atoms with van der Waals surface area (Å²) in [5.41, 5.74) is 8.72. The predicted molar refractivity (Wildman–Crippen MR) is 87.8 cm³/mol. The highest BCUT2D eigenvalue weighted by molar-refractivity contribution is 7.80. The van der Waals surface area contributed by atoms with Crippen molar-refractivity contribution in [3.8, 4) is 5.88 Å². The van der Waals surface area contributed by atoms with Gasteiger partial charge in [-0.05, 0) is 38.3 Å². The van der Waals surface area contributed by atoms with Gasteiger partial charge in [0.05, 0.1) is 11.3 Å². The average Bonchev–Trinajstić information content (AvgIpc) is 2.48. The molecule has 116 valence electrons. The van der Waals surface area contributed by atoms with Crippen LogP contribution >= 0.6 is 12.2 Å². The van der Waals surface area contributed by atoms with Crippen molar-refractivity contribution in [3.63, 3.8) is 0 Å². The molecule has 0 bridgehead atoms. The van der Waals surface area contributed by atoms with Crippen LogP contribution in [0.25, 0.3) is 0 Å². The van der Waals surface area contributed by atoms with Gasteiger partial charge in [0.15, 0.2) is 0 Å². The van der Waals surface area contributed by atoms with Crippen LogP contribution in [0.2, 0.25) is 0 Å². The first-order valence-electron chi connectivity index (χ1n) is 7.60. The second kappa shape index (κ2) is 7.13. The van der Waals surface area contributed by atoms with E-state index in [1.807, 2.05) is 0 Å². The lowest BCUT2D eigenvalue weighted by Crippen LogP contribution is -2.36. The summed E-state index contributed by atoms with van der Waals surface area (Å²) in [6.45, 7) is 6.21. The van der Waals surface area contributed by atoms with E-state index in [-0.39, 0.29) is 6.10 Å². The van der Waals surface area contributed by atoms with E-state index in [4.69, 9.17) is 22.7 Å². The third kappa shape index (κ3) is 3.68. The molecule has 0 atom stereocenters. The summed E-state index contributed by atoms with van der Waals surface area (Å²) >= 11 is 5.22. The highest BCUT2D eigenvalue weighted by Crippen LogP contribution is 2.25. The molecule has 1 aromatic heterocycles. The molecule has 1 saturated heterocycles. The second-order valence-electron chi connectivity index (χ2n) is 5.50. The Morgan fingerprint density at radius 2 is 1.95 bits per heavy atom. The molecule has 0 spiro atoms. The predicted octanol–water partition coefficient (Wildman–Crippen LogP) is 1.71. The van der Waals surface area contributed by atoms with Crippen LogP contribution in [-0.2, 0) is 12.8 Å². The topological polar surface area (TPSA) is 64.3 Å². The summed E-state index contributed by atoms with van der Waals surface area (Å²) < 4.78 is 6.07. The fraction of sp³-hybridized carbons (Fsp3) is 0.667. The summed E-state index contributed by atoms with van der Waals surface area (Å²) in [6.07, 6.45) is 3.80. The van der Waals surface area contributed by atoms with E-state index in [1.165, 1.54) is 0 Å². The lowest BCUT2D eigenvalue weighted by molar-refractivity contribution is 0.108. The first-order valence-corrected chi connectivity index (χ1v) is 8.01. The van der Waals surface area contributed by atoms with Gasteiger partial charge in [-0.25, -0.2) is 0 Å². The Morgan fingerprint density at radius 1 is 1.29 bits per heavy atom. The lowest BCUT2D eigenvalue weighted by Gasteiger charge is -2.29. The van der Waals surface area contributed by atoms with Gasteiger partial charge in [0.25, 0.3) is 0 Å². The van der Waals surface area contributed by atoms with Crippen LogP contribution in [0.4, 0.5) is 0 Å². The van der Waals surface area contributed by atoms with Crippen molar-refractivity contribution in [2.75, 3.05) is 20.1 Å². The molecule has 0 radical (unpaired) electrons. The fourth-order valence-corrected chi connectivity index (χ4v) is 2.96. The molecule has 6 heteroatoms.